The first-order valence-electron chi connectivity index (χ1n) is 13.2. The van der Waals surface area contributed by atoms with E-state index in [1.165, 1.54) is 28.8 Å². The second-order valence-electron chi connectivity index (χ2n) is 8.40. The first-order valence-corrected chi connectivity index (χ1v) is 14.2. The van der Waals surface area contributed by atoms with Crippen molar-refractivity contribution in [2.45, 2.75) is 65.8 Å². The van der Waals surface area contributed by atoms with Gasteiger partial charge in [-0.25, -0.2) is 4.39 Å². The average molecular weight is 539 g/mol. The molecule has 1 aliphatic carbocycles. The molecule has 2 atom stereocenters. The van der Waals surface area contributed by atoms with Crippen LogP contribution in [0, 0.1) is 5.82 Å². The minimum absolute atomic E-state index is 0.270. The molecule has 2 N–H and O–H groups in total. The van der Waals surface area contributed by atoms with E-state index in [0.717, 1.165) is 41.5 Å². The predicted molar refractivity (Wildman–Crippen MR) is 165 cm³/mol. The van der Waals surface area contributed by atoms with Gasteiger partial charge in [-0.1, -0.05) is 69.7 Å². The molecule has 0 bridgehead atoms. The molecule has 2 aliphatic rings. The molecule has 0 saturated heterocycles. The number of benzene rings is 2. The molecule has 2 unspecified atom stereocenters. The van der Waals surface area contributed by atoms with E-state index < -0.39 is 5.54 Å². The van der Waals surface area contributed by atoms with Crippen molar-refractivity contribution in [1.82, 2.24) is 4.98 Å². The van der Waals surface area contributed by atoms with Crippen LogP contribution in [0.4, 0.5) is 4.39 Å². The van der Waals surface area contributed by atoms with Crippen LogP contribution in [0.5, 0.6) is 0 Å². The molecule has 6 heteroatoms. The number of carbonyl (C=O) groups excluding carboxylic acids is 1. The summed E-state index contributed by atoms with van der Waals surface area (Å²) in [6.45, 7) is 15.4. The second kappa shape index (κ2) is 16.8. The zero-order chi connectivity index (χ0) is 28.7. The number of H-pyrrole nitrogens is 1. The number of aliphatic imine (C=N–C) groups is 1. The van der Waals surface area contributed by atoms with E-state index in [0.29, 0.717) is 18.1 Å². The molecule has 0 saturated carbocycles. The normalized spacial score (nSPS) is 18.5. The van der Waals surface area contributed by atoms with E-state index >= 15 is 0 Å². The number of fused-ring (bicyclic) bond motifs is 2. The minimum Gasteiger partial charge on any atom is -0.400 e. The summed E-state index contributed by atoms with van der Waals surface area (Å²) >= 11 is 1.68. The Labute approximate surface area is 232 Å². The van der Waals surface area contributed by atoms with Crippen molar-refractivity contribution in [3.8, 4) is 0 Å². The van der Waals surface area contributed by atoms with Gasteiger partial charge in [0.25, 0.3) is 0 Å². The number of hydrogen-bond acceptors (Lipinski definition) is 4. The molecule has 0 amide bonds. The highest BCUT2D eigenvalue weighted by atomic mass is 32.2. The number of rotatable bonds is 5. The number of aromatic nitrogens is 1. The van der Waals surface area contributed by atoms with Gasteiger partial charge in [-0.05, 0) is 54.6 Å². The Morgan fingerprint density at radius 1 is 1.16 bits per heavy atom. The maximum Gasteiger partial charge on any atom is 0.148 e. The van der Waals surface area contributed by atoms with Crippen LogP contribution in [-0.4, -0.2) is 39.8 Å². The van der Waals surface area contributed by atoms with E-state index in [2.05, 4.69) is 48.8 Å². The molecule has 3 aromatic rings. The maximum absolute atomic E-state index is 13.5. The van der Waals surface area contributed by atoms with Crippen LogP contribution in [0.15, 0.2) is 71.8 Å². The van der Waals surface area contributed by atoms with Gasteiger partial charge < -0.3 is 14.9 Å². The Bertz CT molecular complexity index is 1230. The number of thioether (sulfide) groups is 1. The van der Waals surface area contributed by atoms with Gasteiger partial charge in [0.2, 0.25) is 0 Å². The number of aliphatic hydroxyl groups is 1. The monoisotopic (exact) mass is 538 g/mol. The summed E-state index contributed by atoms with van der Waals surface area (Å²) in [5, 5.41) is 8.98. The van der Waals surface area contributed by atoms with Crippen molar-refractivity contribution in [1.29, 1.82) is 0 Å². The summed E-state index contributed by atoms with van der Waals surface area (Å²) in [5.41, 5.74) is 4.87. The fourth-order valence-corrected chi connectivity index (χ4v) is 5.58. The van der Waals surface area contributed by atoms with Gasteiger partial charge in [0.1, 0.15) is 17.6 Å². The Kier molecular flexibility index (Phi) is 14.6. The summed E-state index contributed by atoms with van der Waals surface area (Å²) in [6.07, 6.45) is 6.30. The molecular formula is C32H43FN2O2S. The number of aromatic amines is 1. The van der Waals surface area contributed by atoms with E-state index in [1.54, 1.807) is 23.9 Å². The minimum atomic E-state index is -0.755. The third-order valence-electron chi connectivity index (χ3n) is 5.88. The molecule has 2 heterocycles. The standard InChI is InChI=1S/C24H21FN2OS.C3H6.2C2H6.CH4O/c1-15-8-16-4-2-3-5-20(16)21(15)11-23-27-24(13-28,14-29-23)12-19-9-17-6-7-18(25)10-22(17)26-19;1-3-2;3*1-2/h2-10,13,21,26H,11-12,14H2,1H3;3H,1H2,2H3;2*1-2H3;2H,1H3. The smallest absolute Gasteiger partial charge is 0.148 e. The topological polar surface area (TPSA) is 65.5 Å². The molecular weight excluding hydrogens is 495 g/mol. The molecule has 0 radical (unpaired) electrons. The highest BCUT2D eigenvalue weighted by Crippen LogP contribution is 2.42. The third-order valence-corrected chi connectivity index (χ3v) is 7.11. The summed E-state index contributed by atoms with van der Waals surface area (Å²) in [5.74, 6) is 0.705. The van der Waals surface area contributed by atoms with Crippen molar-refractivity contribution >= 4 is 40.1 Å². The van der Waals surface area contributed by atoms with Gasteiger partial charge in [-0.3, -0.25) is 4.99 Å². The number of aldehydes is 1. The van der Waals surface area contributed by atoms with Gasteiger partial charge in [0.05, 0.1) is 5.04 Å². The van der Waals surface area contributed by atoms with Crippen LogP contribution < -0.4 is 0 Å². The Morgan fingerprint density at radius 3 is 2.47 bits per heavy atom. The SMILES string of the molecule is C=CC.CC.CC.CC1=Cc2ccccc2C1CC1=NC(C=O)(Cc2cc3ccc(F)cc3[nH]2)CS1.CO. The highest BCUT2D eigenvalue weighted by molar-refractivity contribution is 8.14. The molecule has 0 spiro atoms. The van der Waals surface area contributed by atoms with Crippen molar-refractivity contribution in [2.24, 2.45) is 4.99 Å². The lowest BCUT2D eigenvalue weighted by Crippen LogP contribution is -2.32. The Morgan fingerprint density at radius 2 is 1.82 bits per heavy atom. The number of allylic oxidation sites excluding steroid dienone is 2. The molecule has 5 rings (SSSR count). The van der Waals surface area contributed by atoms with Crippen LogP contribution in [0.3, 0.4) is 0 Å². The number of hydrogen-bond donors (Lipinski definition) is 2. The fourth-order valence-electron chi connectivity index (χ4n) is 4.40. The molecule has 1 aromatic heterocycles. The molecule has 0 fully saturated rings. The summed E-state index contributed by atoms with van der Waals surface area (Å²) < 4.78 is 13.5. The van der Waals surface area contributed by atoms with E-state index in [-0.39, 0.29) is 5.82 Å². The van der Waals surface area contributed by atoms with E-state index in [1.807, 2.05) is 40.7 Å². The summed E-state index contributed by atoms with van der Waals surface area (Å²) in [6, 6.07) is 15.2. The zero-order valence-electron chi connectivity index (χ0n) is 23.8. The lowest BCUT2D eigenvalue weighted by molar-refractivity contribution is -0.111. The van der Waals surface area contributed by atoms with Gasteiger partial charge in [-0.15, -0.1) is 18.3 Å². The number of halogens is 1. The van der Waals surface area contributed by atoms with E-state index in [4.69, 9.17) is 10.1 Å². The summed E-state index contributed by atoms with van der Waals surface area (Å²) in [7, 11) is 1.00. The lowest BCUT2D eigenvalue weighted by Gasteiger charge is -2.17. The van der Waals surface area contributed by atoms with Crippen molar-refractivity contribution in [2.75, 3.05) is 12.9 Å². The number of nitrogens with zero attached hydrogens (tertiary/aromatic N) is 1. The Balaban J connectivity index is 0.000000723. The molecule has 38 heavy (non-hydrogen) atoms. The second-order valence-corrected chi connectivity index (χ2v) is 9.45. The van der Waals surface area contributed by atoms with Crippen LogP contribution in [-0.2, 0) is 11.2 Å². The zero-order valence-corrected chi connectivity index (χ0v) is 24.7. The predicted octanol–water partition coefficient (Wildman–Crippen LogP) is 8.38. The number of nitrogens with one attached hydrogen (secondary N) is 1. The number of carbonyl (C=O) groups is 1. The quantitative estimate of drug-likeness (QED) is 0.253. The first-order chi connectivity index (χ1) is 18.5. The van der Waals surface area contributed by atoms with Gasteiger partial charge in [-0.2, -0.15) is 0 Å². The highest BCUT2D eigenvalue weighted by Gasteiger charge is 2.37. The molecule has 4 nitrogen and oxygen atoms in total. The van der Waals surface area contributed by atoms with Gasteiger partial charge >= 0.3 is 0 Å². The third kappa shape index (κ3) is 8.27. The van der Waals surface area contributed by atoms with Crippen molar-refractivity contribution in [3.05, 3.63) is 89.4 Å². The lowest BCUT2D eigenvalue weighted by atomic mass is 9.93. The van der Waals surface area contributed by atoms with E-state index in [9.17, 15) is 9.18 Å². The van der Waals surface area contributed by atoms with Crippen LogP contribution >= 0.6 is 11.8 Å². The van der Waals surface area contributed by atoms with Crippen LogP contribution in [0.1, 0.15) is 70.7 Å². The van der Waals surface area contributed by atoms with Gasteiger partial charge in [0, 0.05) is 42.8 Å². The number of aliphatic hydroxyl groups excluding tert-OH is 1. The van der Waals surface area contributed by atoms with Crippen molar-refractivity contribution < 1.29 is 14.3 Å². The van der Waals surface area contributed by atoms with Crippen molar-refractivity contribution in [3.63, 3.8) is 0 Å². The summed E-state index contributed by atoms with van der Waals surface area (Å²) in [4.78, 5) is 20.2. The first kappa shape index (κ1) is 33.1. The van der Waals surface area contributed by atoms with Gasteiger partial charge in [0.15, 0.2) is 0 Å². The van der Waals surface area contributed by atoms with Crippen LogP contribution in [0.2, 0.25) is 0 Å². The Hall–Kier alpha value is -2.96. The largest absolute Gasteiger partial charge is 0.400 e. The molecule has 1 aliphatic heterocycles. The molecule has 206 valence electrons. The maximum atomic E-state index is 13.5. The van der Waals surface area contributed by atoms with Crippen LogP contribution in [0.25, 0.3) is 17.0 Å². The fraction of sp³-hybridized carbons (Fsp3) is 0.375. The average Bonchev–Trinajstić information content (AvgIpc) is 3.63. The molecule has 2 aromatic carbocycles.